The first-order valence-electron chi connectivity index (χ1n) is 14.8. The molecular formula is C35H26N4O9S. The van der Waals surface area contributed by atoms with Gasteiger partial charge in [-0.3, -0.25) is 29.6 Å². The lowest BCUT2D eigenvalue weighted by Crippen LogP contribution is -2.40. The molecule has 4 aromatic carbocycles. The van der Waals surface area contributed by atoms with Crippen LogP contribution in [0.4, 0.5) is 11.4 Å². The van der Waals surface area contributed by atoms with Crippen LogP contribution < -0.4 is 24.4 Å². The van der Waals surface area contributed by atoms with E-state index in [0.29, 0.717) is 37.5 Å². The number of fused-ring (bicyclic) bond motifs is 1. The number of rotatable bonds is 10. The molecule has 0 saturated carbocycles. The lowest BCUT2D eigenvalue weighted by molar-refractivity contribution is -0.394. The minimum atomic E-state index is -0.879. The summed E-state index contributed by atoms with van der Waals surface area (Å²) in [6, 6.07) is 25.0. The molecule has 1 aliphatic rings. The minimum absolute atomic E-state index is 0.122. The van der Waals surface area contributed by atoms with Crippen LogP contribution in [0.3, 0.4) is 0 Å². The van der Waals surface area contributed by atoms with Gasteiger partial charge in [0.2, 0.25) is 5.75 Å². The minimum Gasteiger partial charge on any atom is -0.497 e. The Morgan fingerprint density at radius 3 is 2.37 bits per heavy atom. The second-order valence-corrected chi connectivity index (χ2v) is 11.6. The van der Waals surface area contributed by atoms with Crippen LogP contribution >= 0.6 is 11.3 Å². The van der Waals surface area contributed by atoms with E-state index < -0.39 is 33.2 Å². The van der Waals surface area contributed by atoms with E-state index in [2.05, 4.69) is 0 Å². The standard InChI is InChI=1S/C35H26N4O9S/c1-3-47-34(41)30-31(22-8-5-4-6-9-22)36-35-37(32(30)23-10-7-11-26(19-23)46-2)33(40)29(49-35)18-21-12-15-25(16-13-21)48-28-17-14-24(38(42)43)20-27(28)39(44)45/h4-20,32H,3H2,1-2H3/b29-18-/t32-/m1/s1. The Bertz CT molecular complexity index is 2310. The Morgan fingerprint density at radius 1 is 0.939 bits per heavy atom. The second kappa shape index (κ2) is 13.8. The third kappa shape index (κ3) is 6.57. The maximum absolute atomic E-state index is 14.1. The average molecular weight is 679 g/mol. The molecule has 5 aromatic rings. The van der Waals surface area contributed by atoms with Crippen LogP contribution in [0.2, 0.25) is 0 Å². The normalized spacial score (nSPS) is 14.1. The molecule has 6 rings (SSSR count). The number of non-ortho nitro benzene ring substituents is 1. The Morgan fingerprint density at radius 2 is 1.69 bits per heavy atom. The molecule has 0 N–H and O–H groups in total. The van der Waals surface area contributed by atoms with E-state index in [9.17, 15) is 29.8 Å². The Labute approximate surface area is 281 Å². The van der Waals surface area contributed by atoms with Gasteiger partial charge in [0.05, 0.1) is 51.5 Å². The van der Waals surface area contributed by atoms with Crippen LogP contribution in [-0.4, -0.2) is 34.1 Å². The van der Waals surface area contributed by atoms with Crippen molar-refractivity contribution in [3.8, 4) is 17.2 Å². The van der Waals surface area contributed by atoms with Crippen LogP contribution in [-0.2, 0) is 9.53 Å². The van der Waals surface area contributed by atoms with Gasteiger partial charge in [-0.15, -0.1) is 0 Å². The molecule has 0 amide bonds. The van der Waals surface area contributed by atoms with Gasteiger partial charge in [0.25, 0.3) is 11.2 Å². The third-order valence-electron chi connectivity index (χ3n) is 7.54. The van der Waals surface area contributed by atoms with Crippen molar-refractivity contribution >= 4 is 40.5 Å². The fourth-order valence-electron chi connectivity index (χ4n) is 5.33. The zero-order chi connectivity index (χ0) is 34.7. The number of ether oxygens (including phenoxy) is 3. The van der Waals surface area contributed by atoms with Crippen LogP contribution in [0, 0.1) is 20.2 Å². The number of thiazole rings is 1. The zero-order valence-corrected chi connectivity index (χ0v) is 26.8. The van der Waals surface area contributed by atoms with Crippen molar-refractivity contribution in [1.82, 2.24) is 4.57 Å². The summed E-state index contributed by atoms with van der Waals surface area (Å²) in [5, 5.41) is 22.6. The third-order valence-corrected chi connectivity index (χ3v) is 8.52. The van der Waals surface area contributed by atoms with Gasteiger partial charge in [0.15, 0.2) is 4.80 Å². The number of benzene rings is 4. The maximum atomic E-state index is 14.1. The first-order valence-corrected chi connectivity index (χ1v) is 15.6. The second-order valence-electron chi connectivity index (χ2n) is 10.5. The largest absolute Gasteiger partial charge is 0.497 e. The van der Waals surface area contributed by atoms with Crippen LogP contribution in [0.15, 0.2) is 112 Å². The maximum Gasteiger partial charge on any atom is 0.338 e. The van der Waals surface area contributed by atoms with E-state index >= 15 is 0 Å². The molecule has 2 heterocycles. The first-order chi connectivity index (χ1) is 23.7. The van der Waals surface area contributed by atoms with Crippen LogP contribution in [0.25, 0.3) is 11.8 Å². The molecule has 49 heavy (non-hydrogen) atoms. The van der Waals surface area contributed by atoms with Gasteiger partial charge < -0.3 is 14.2 Å². The van der Waals surface area contributed by atoms with Crippen molar-refractivity contribution in [2.75, 3.05) is 13.7 Å². The summed E-state index contributed by atoms with van der Waals surface area (Å²) >= 11 is 1.16. The first kappa shape index (κ1) is 32.5. The van der Waals surface area contributed by atoms with Gasteiger partial charge in [-0.2, -0.15) is 0 Å². The highest BCUT2D eigenvalue weighted by Gasteiger charge is 2.35. The van der Waals surface area contributed by atoms with Crippen molar-refractivity contribution in [2.24, 2.45) is 4.99 Å². The summed E-state index contributed by atoms with van der Waals surface area (Å²) in [5.74, 6) is 0.0134. The van der Waals surface area contributed by atoms with Crippen molar-refractivity contribution in [1.29, 1.82) is 0 Å². The van der Waals surface area contributed by atoms with Gasteiger partial charge in [0.1, 0.15) is 11.5 Å². The van der Waals surface area contributed by atoms with Crippen molar-refractivity contribution in [3.05, 3.63) is 159 Å². The number of aromatic nitrogens is 1. The molecule has 246 valence electrons. The predicted molar refractivity (Wildman–Crippen MR) is 180 cm³/mol. The molecular weight excluding hydrogens is 652 g/mol. The van der Waals surface area contributed by atoms with E-state index in [4.69, 9.17) is 19.2 Å². The molecule has 14 heteroatoms. The highest BCUT2D eigenvalue weighted by molar-refractivity contribution is 7.07. The summed E-state index contributed by atoms with van der Waals surface area (Å²) in [4.78, 5) is 54.1. The zero-order valence-electron chi connectivity index (χ0n) is 26.0. The van der Waals surface area contributed by atoms with Crippen molar-refractivity contribution in [2.45, 2.75) is 13.0 Å². The fourth-order valence-corrected chi connectivity index (χ4v) is 6.33. The van der Waals surface area contributed by atoms with Gasteiger partial charge in [-0.1, -0.05) is 65.9 Å². The highest BCUT2D eigenvalue weighted by Crippen LogP contribution is 2.37. The number of nitrogens with zero attached hydrogens (tertiary/aromatic N) is 4. The summed E-state index contributed by atoms with van der Waals surface area (Å²) < 4.78 is 18.5. The van der Waals surface area contributed by atoms with E-state index in [0.717, 1.165) is 29.5 Å². The Balaban J connectivity index is 1.45. The number of carbonyl (C=O) groups is 1. The smallest absolute Gasteiger partial charge is 0.338 e. The molecule has 13 nitrogen and oxygen atoms in total. The van der Waals surface area contributed by atoms with Gasteiger partial charge in [-0.25, -0.2) is 9.79 Å². The number of hydrogen-bond donors (Lipinski definition) is 0. The van der Waals surface area contributed by atoms with Crippen molar-refractivity contribution < 1.29 is 28.9 Å². The van der Waals surface area contributed by atoms with Crippen molar-refractivity contribution in [3.63, 3.8) is 0 Å². The van der Waals surface area contributed by atoms with E-state index in [-0.39, 0.29) is 29.2 Å². The topological polar surface area (TPSA) is 165 Å². The average Bonchev–Trinajstić information content (AvgIpc) is 3.42. The van der Waals surface area contributed by atoms with Gasteiger partial charge in [-0.05, 0) is 54.5 Å². The Kier molecular flexibility index (Phi) is 9.13. The molecule has 0 bridgehead atoms. The molecule has 0 unspecified atom stereocenters. The number of methoxy groups -OCH3 is 1. The Hall–Kier alpha value is -6.41. The fraction of sp³-hybridized carbons (Fsp3) is 0.114. The van der Waals surface area contributed by atoms with E-state index in [1.54, 1.807) is 55.5 Å². The molecule has 1 aliphatic heterocycles. The number of nitro groups is 2. The lowest BCUT2D eigenvalue weighted by atomic mass is 9.93. The summed E-state index contributed by atoms with van der Waals surface area (Å²) in [6.07, 6.45) is 1.67. The van der Waals surface area contributed by atoms with Gasteiger partial charge >= 0.3 is 11.7 Å². The summed E-state index contributed by atoms with van der Waals surface area (Å²) in [6.45, 7) is 1.83. The number of carbonyl (C=O) groups excluding carboxylic acids is 1. The lowest BCUT2D eigenvalue weighted by Gasteiger charge is -2.26. The molecule has 1 aromatic heterocycles. The van der Waals surface area contributed by atoms with E-state index in [1.807, 2.05) is 36.4 Å². The van der Waals surface area contributed by atoms with Crippen LogP contribution in [0.5, 0.6) is 17.2 Å². The molecule has 0 fully saturated rings. The molecule has 1 atom stereocenters. The quantitative estimate of drug-likeness (QED) is 0.105. The number of hydrogen-bond acceptors (Lipinski definition) is 11. The number of nitro benzene ring substituents is 2. The van der Waals surface area contributed by atoms with Crippen LogP contribution in [0.1, 0.15) is 29.7 Å². The molecule has 0 saturated heterocycles. The predicted octanol–water partition coefficient (Wildman–Crippen LogP) is 5.55. The van der Waals surface area contributed by atoms with Gasteiger partial charge in [0, 0.05) is 11.6 Å². The van der Waals surface area contributed by atoms with E-state index in [1.165, 1.54) is 11.7 Å². The number of esters is 1. The highest BCUT2D eigenvalue weighted by atomic mass is 32.1. The molecule has 0 aliphatic carbocycles. The molecule has 0 radical (unpaired) electrons. The monoisotopic (exact) mass is 678 g/mol. The molecule has 0 spiro atoms. The summed E-state index contributed by atoms with van der Waals surface area (Å²) in [7, 11) is 1.53. The SMILES string of the molecule is CCOC(=O)C1=C(c2ccccc2)N=c2s/c(=C\c3ccc(Oc4ccc([N+](=O)[O-])cc4[N+](=O)[O-])cc3)c(=O)n2[C@@H]1c1cccc(OC)c1. The summed E-state index contributed by atoms with van der Waals surface area (Å²) in [5.41, 5.74) is 1.15.